The minimum Gasteiger partial charge on any atom is -0.490 e. The first-order chi connectivity index (χ1) is 12.1. The van der Waals surface area contributed by atoms with Crippen LogP contribution in [0.4, 0.5) is 4.39 Å². The predicted octanol–water partition coefficient (Wildman–Crippen LogP) is 3.93. The lowest BCUT2D eigenvalue weighted by atomic mass is 10.1. The van der Waals surface area contributed by atoms with E-state index in [-0.39, 0.29) is 24.4 Å². The number of hydrogen-bond acceptors (Lipinski definition) is 3. The number of benzene rings is 2. The molecule has 1 heterocycles. The molecule has 0 bridgehead atoms. The fourth-order valence-corrected chi connectivity index (χ4v) is 2.82. The van der Waals surface area contributed by atoms with Crippen LogP contribution in [0.15, 0.2) is 48.5 Å². The summed E-state index contributed by atoms with van der Waals surface area (Å²) in [6.07, 6.45) is 1.51. The summed E-state index contributed by atoms with van der Waals surface area (Å²) in [5, 5.41) is 0.627. The molecule has 1 aliphatic heterocycles. The van der Waals surface area contributed by atoms with Crippen LogP contribution < -0.4 is 9.47 Å². The number of rotatable bonds is 5. The number of piperidine rings is 1. The zero-order valence-corrected chi connectivity index (χ0v) is 14.4. The first kappa shape index (κ1) is 17.5. The molecule has 0 radical (unpaired) electrons. The average molecular weight is 364 g/mol. The van der Waals surface area contributed by atoms with Crippen molar-refractivity contribution in [2.24, 2.45) is 0 Å². The normalized spacial score (nSPS) is 15.0. The molecule has 1 saturated heterocycles. The van der Waals surface area contributed by atoms with Crippen LogP contribution >= 0.6 is 11.6 Å². The van der Waals surface area contributed by atoms with Crippen molar-refractivity contribution in [3.8, 4) is 11.5 Å². The summed E-state index contributed by atoms with van der Waals surface area (Å²) in [4.78, 5) is 14.0. The second-order valence-electron chi connectivity index (χ2n) is 5.89. The van der Waals surface area contributed by atoms with Crippen molar-refractivity contribution in [3.05, 3.63) is 59.4 Å². The van der Waals surface area contributed by atoms with Crippen LogP contribution in [-0.2, 0) is 4.79 Å². The van der Waals surface area contributed by atoms with E-state index in [4.69, 9.17) is 21.1 Å². The van der Waals surface area contributed by atoms with Crippen LogP contribution in [0.3, 0.4) is 0 Å². The largest absolute Gasteiger partial charge is 0.490 e. The molecule has 6 heteroatoms. The molecule has 2 aromatic carbocycles. The number of carbonyl (C=O) groups is 1. The van der Waals surface area contributed by atoms with Crippen LogP contribution in [0.25, 0.3) is 0 Å². The first-order valence-corrected chi connectivity index (χ1v) is 8.56. The van der Waals surface area contributed by atoms with Crippen molar-refractivity contribution in [2.75, 3.05) is 19.7 Å². The standard InChI is InChI=1S/C19H19ClFNO3/c20-14-1-5-16(6-2-14)24-13-19(23)22-11-9-18(10-12-22)25-17-7-3-15(21)4-8-17/h1-8,18H,9-13H2. The summed E-state index contributed by atoms with van der Waals surface area (Å²) in [6, 6.07) is 12.9. The fraction of sp³-hybridized carbons (Fsp3) is 0.316. The molecule has 25 heavy (non-hydrogen) atoms. The maximum absolute atomic E-state index is 12.9. The van der Waals surface area contributed by atoms with E-state index in [1.54, 1.807) is 41.3 Å². The molecule has 0 unspecified atom stereocenters. The molecule has 0 aliphatic carbocycles. The lowest BCUT2D eigenvalue weighted by Gasteiger charge is -2.32. The number of carbonyl (C=O) groups excluding carboxylic acids is 1. The Hall–Kier alpha value is -2.27. The molecule has 1 aliphatic rings. The number of halogens is 2. The Morgan fingerprint density at radius 3 is 2.28 bits per heavy atom. The van der Waals surface area contributed by atoms with Crippen LogP contribution in [0.5, 0.6) is 11.5 Å². The summed E-state index contributed by atoms with van der Waals surface area (Å²) in [5.41, 5.74) is 0. The second-order valence-corrected chi connectivity index (χ2v) is 6.33. The quantitative estimate of drug-likeness (QED) is 0.808. The number of likely N-dealkylation sites (tertiary alicyclic amines) is 1. The average Bonchev–Trinajstić information content (AvgIpc) is 2.63. The van der Waals surface area contributed by atoms with Crippen molar-refractivity contribution < 1.29 is 18.7 Å². The summed E-state index contributed by atoms with van der Waals surface area (Å²) in [7, 11) is 0. The Kier molecular flexibility index (Phi) is 5.76. The second kappa shape index (κ2) is 8.21. The maximum Gasteiger partial charge on any atom is 0.260 e. The Balaban J connectivity index is 1.42. The third-order valence-electron chi connectivity index (χ3n) is 4.09. The van der Waals surface area contributed by atoms with Crippen molar-refractivity contribution in [2.45, 2.75) is 18.9 Å². The maximum atomic E-state index is 12.9. The van der Waals surface area contributed by atoms with E-state index in [2.05, 4.69) is 0 Å². The van der Waals surface area contributed by atoms with Gasteiger partial charge in [-0.15, -0.1) is 0 Å². The van der Waals surface area contributed by atoms with Gasteiger partial charge in [0.25, 0.3) is 5.91 Å². The van der Waals surface area contributed by atoms with E-state index >= 15 is 0 Å². The van der Waals surface area contributed by atoms with Gasteiger partial charge < -0.3 is 14.4 Å². The molecule has 2 aromatic rings. The summed E-state index contributed by atoms with van der Waals surface area (Å²) in [5.74, 6) is 0.938. The van der Waals surface area contributed by atoms with Crippen LogP contribution in [0, 0.1) is 5.82 Å². The number of nitrogens with zero attached hydrogens (tertiary/aromatic N) is 1. The molecule has 0 atom stereocenters. The molecule has 0 aromatic heterocycles. The molecule has 4 nitrogen and oxygen atoms in total. The molecular formula is C19H19ClFNO3. The Bertz CT molecular complexity index is 698. The molecule has 0 spiro atoms. The van der Waals surface area contributed by atoms with Gasteiger partial charge in [0.2, 0.25) is 0 Å². The van der Waals surface area contributed by atoms with E-state index in [1.807, 2.05) is 0 Å². The first-order valence-electron chi connectivity index (χ1n) is 8.18. The number of hydrogen-bond donors (Lipinski definition) is 0. The van der Waals surface area contributed by atoms with E-state index in [9.17, 15) is 9.18 Å². The van der Waals surface area contributed by atoms with Gasteiger partial charge in [0.1, 0.15) is 23.4 Å². The zero-order valence-electron chi connectivity index (χ0n) is 13.7. The number of amides is 1. The highest BCUT2D eigenvalue weighted by atomic mass is 35.5. The van der Waals surface area contributed by atoms with Gasteiger partial charge in [-0.2, -0.15) is 0 Å². The van der Waals surface area contributed by atoms with E-state index in [1.165, 1.54) is 12.1 Å². The highest BCUT2D eigenvalue weighted by molar-refractivity contribution is 6.30. The van der Waals surface area contributed by atoms with Gasteiger partial charge in [0.05, 0.1) is 0 Å². The lowest BCUT2D eigenvalue weighted by molar-refractivity contribution is -0.135. The van der Waals surface area contributed by atoms with Gasteiger partial charge in [0, 0.05) is 31.0 Å². The Morgan fingerprint density at radius 2 is 1.64 bits per heavy atom. The summed E-state index contributed by atoms with van der Waals surface area (Å²) in [6.45, 7) is 1.24. The monoisotopic (exact) mass is 363 g/mol. The van der Waals surface area contributed by atoms with Gasteiger partial charge >= 0.3 is 0 Å². The highest BCUT2D eigenvalue weighted by Crippen LogP contribution is 2.20. The summed E-state index contributed by atoms with van der Waals surface area (Å²) >= 11 is 5.81. The predicted molar refractivity (Wildman–Crippen MR) is 93.6 cm³/mol. The van der Waals surface area contributed by atoms with Crippen molar-refractivity contribution in [3.63, 3.8) is 0 Å². The van der Waals surface area contributed by atoms with E-state index in [0.717, 1.165) is 12.8 Å². The Morgan fingerprint density at radius 1 is 1.04 bits per heavy atom. The van der Waals surface area contributed by atoms with Crippen molar-refractivity contribution in [1.29, 1.82) is 0 Å². The van der Waals surface area contributed by atoms with Crippen LogP contribution in [0.1, 0.15) is 12.8 Å². The molecule has 0 N–H and O–H groups in total. The molecule has 1 fully saturated rings. The lowest BCUT2D eigenvalue weighted by Crippen LogP contribution is -2.43. The topological polar surface area (TPSA) is 38.8 Å². The van der Waals surface area contributed by atoms with Gasteiger partial charge in [0.15, 0.2) is 6.61 Å². The molecule has 132 valence electrons. The third kappa shape index (κ3) is 5.10. The zero-order chi connectivity index (χ0) is 17.6. The third-order valence-corrected chi connectivity index (χ3v) is 4.34. The van der Waals surface area contributed by atoms with Gasteiger partial charge in [-0.1, -0.05) is 11.6 Å². The molecule has 1 amide bonds. The SMILES string of the molecule is O=C(COc1ccc(Cl)cc1)N1CCC(Oc2ccc(F)cc2)CC1. The van der Waals surface area contributed by atoms with Gasteiger partial charge in [-0.3, -0.25) is 4.79 Å². The molecule has 3 rings (SSSR count). The van der Waals surface area contributed by atoms with Gasteiger partial charge in [-0.05, 0) is 48.5 Å². The summed E-state index contributed by atoms with van der Waals surface area (Å²) < 4.78 is 24.2. The van der Waals surface area contributed by atoms with Crippen molar-refractivity contribution >= 4 is 17.5 Å². The fourth-order valence-electron chi connectivity index (χ4n) is 2.70. The minimum absolute atomic E-state index is 0.00508. The number of ether oxygens (including phenoxy) is 2. The van der Waals surface area contributed by atoms with E-state index < -0.39 is 0 Å². The molecule has 0 saturated carbocycles. The smallest absolute Gasteiger partial charge is 0.260 e. The minimum atomic E-state index is -0.284. The van der Waals surface area contributed by atoms with Gasteiger partial charge in [-0.25, -0.2) is 4.39 Å². The van der Waals surface area contributed by atoms with Crippen molar-refractivity contribution in [1.82, 2.24) is 4.90 Å². The van der Waals surface area contributed by atoms with E-state index in [0.29, 0.717) is 29.6 Å². The highest BCUT2D eigenvalue weighted by Gasteiger charge is 2.24. The molecular weight excluding hydrogens is 345 g/mol. The van der Waals surface area contributed by atoms with Crippen LogP contribution in [0.2, 0.25) is 5.02 Å². The van der Waals surface area contributed by atoms with Crippen LogP contribution in [-0.4, -0.2) is 36.6 Å². The Labute approximate surface area is 151 Å².